The molecule has 3 heteroatoms. The Hall–Kier alpha value is -0.570. The lowest BCUT2D eigenvalue weighted by atomic mass is 9.96. The summed E-state index contributed by atoms with van der Waals surface area (Å²) in [4.78, 5) is 2.48. The lowest BCUT2D eigenvalue weighted by Crippen LogP contribution is -2.40. The zero-order chi connectivity index (χ0) is 13.8. The first kappa shape index (κ1) is 14.8. The van der Waals surface area contributed by atoms with Crippen LogP contribution >= 0.6 is 11.6 Å². The molecule has 1 heterocycles. The summed E-state index contributed by atoms with van der Waals surface area (Å²) in [5, 5.41) is 10.5. The lowest BCUT2D eigenvalue weighted by molar-refractivity contribution is 0.0818. The van der Waals surface area contributed by atoms with Gasteiger partial charge in [-0.3, -0.25) is 4.90 Å². The lowest BCUT2D eigenvalue weighted by Gasteiger charge is -2.36. The molecule has 1 aliphatic heterocycles. The summed E-state index contributed by atoms with van der Waals surface area (Å²) < 4.78 is 0. The molecule has 106 valence electrons. The Kier molecular flexibility index (Phi) is 5.26. The van der Waals surface area contributed by atoms with Crippen molar-refractivity contribution < 1.29 is 5.11 Å². The number of piperidine rings is 1. The SMILES string of the molecule is Cc1ccc(CN2CCCCC2CC(C)O)c(Cl)c1. The van der Waals surface area contributed by atoms with Crippen molar-refractivity contribution >= 4 is 11.6 Å². The normalized spacial score (nSPS) is 22.4. The van der Waals surface area contributed by atoms with Crippen LogP contribution in [0, 0.1) is 6.92 Å². The summed E-state index contributed by atoms with van der Waals surface area (Å²) in [6.07, 6.45) is 4.35. The van der Waals surface area contributed by atoms with Crippen LogP contribution in [0.3, 0.4) is 0 Å². The predicted molar refractivity (Wildman–Crippen MR) is 80.5 cm³/mol. The molecule has 2 rings (SSSR count). The van der Waals surface area contributed by atoms with E-state index in [0.29, 0.717) is 6.04 Å². The smallest absolute Gasteiger partial charge is 0.0527 e. The van der Waals surface area contributed by atoms with Gasteiger partial charge >= 0.3 is 0 Å². The van der Waals surface area contributed by atoms with Crippen LogP contribution in [0.15, 0.2) is 18.2 Å². The van der Waals surface area contributed by atoms with Gasteiger partial charge in [0.25, 0.3) is 0 Å². The van der Waals surface area contributed by atoms with Crippen molar-refractivity contribution in [3.8, 4) is 0 Å². The van der Waals surface area contributed by atoms with E-state index in [4.69, 9.17) is 11.6 Å². The Balaban J connectivity index is 2.06. The van der Waals surface area contributed by atoms with Crippen LogP contribution in [0.2, 0.25) is 5.02 Å². The maximum Gasteiger partial charge on any atom is 0.0527 e. The minimum Gasteiger partial charge on any atom is -0.393 e. The van der Waals surface area contributed by atoms with Crippen molar-refractivity contribution in [3.05, 3.63) is 34.3 Å². The third-order valence-electron chi connectivity index (χ3n) is 3.94. The number of hydrogen-bond acceptors (Lipinski definition) is 2. The van der Waals surface area contributed by atoms with Crippen LogP contribution in [0.5, 0.6) is 0 Å². The van der Waals surface area contributed by atoms with Gasteiger partial charge in [-0.05, 0) is 56.8 Å². The van der Waals surface area contributed by atoms with Crippen molar-refractivity contribution in [2.24, 2.45) is 0 Å². The van der Waals surface area contributed by atoms with E-state index in [1.54, 1.807) is 0 Å². The summed E-state index contributed by atoms with van der Waals surface area (Å²) in [5.74, 6) is 0. The predicted octanol–water partition coefficient (Wildman–Crippen LogP) is 3.77. The van der Waals surface area contributed by atoms with Gasteiger partial charge in [-0.2, -0.15) is 0 Å². The molecule has 1 aromatic rings. The monoisotopic (exact) mass is 281 g/mol. The summed E-state index contributed by atoms with van der Waals surface area (Å²) in [6.45, 7) is 5.95. The Bertz CT molecular complexity index is 419. The second kappa shape index (κ2) is 6.74. The van der Waals surface area contributed by atoms with E-state index in [0.717, 1.165) is 24.5 Å². The molecule has 0 radical (unpaired) electrons. The van der Waals surface area contributed by atoms with Crippen LogP contribution in [-0.2, 0) is 6.54 Å². The molecular weight excluding hydrogens is 258 g/mol. The van der Waals surface area contributed by atoms with Gasteiger partial charge in [0.15, 0.2) is 0 Å². The number of aryl methyl sites for hydroxylation is 1. The molecule has 1 fully saturated rings. The van der Waals surface area contributed by atoms with Gasteiger partial charge in [0.1, 0.15) is 0 Å². The number of benzene rings is 1. The van der Waals surface area contributed by atoms with Crippen LogP contribution in [0.4, 0.5) is 0 Å². The van der Waals surface area contributed by atoms with Crippen molar-refractivity contribution in [3.63, 3.8) is 0 Å². The number of nitrogens with zero attached hydrogens (tertiary/aromatic N) is 1. The first-order valence-corrected chi connectivity index (χ1v) is 7.61. The van der Waals surface area contributed by atoms with E-state index < -0.39 is 0 Å². The molecule has 1 saturated heterocycles. The largest absolute Gasteiger partial charge is 0.393 e. The van der Waals surface area contributed by atoms with Gasteiger partial charge in [0, 0.05) is 17.6 Å². The Morgan fingerprint density at radius 2 is 2.21 bits per heavy atom. The van der Waals surface area contributed by atoms with Crippen LogP contribution in [0.25, 0.3) is 0 Å². The summed E-state index contributed by atoms with van der Waals surface area (Å²) in [6, 6.07) is 6.77. The van der Waals surface area contributed by atoms with Gasteiger partial charge in [-0.15, -0.1) is 0 Å². The minimum atomic E-state index is -0.223. The quantitative estimate of drug-likeness (QED) is 0.908. The fourth-order valence-corrected chi connectivity index (χ4v) is 3.22. The number of halogens is 1. The van der Waals surface area contributed by atoms with E-state index in [1.807, 2.05) is 13.0 Å². The molecule has 0 amide bonds. The summed E-state index contributed by atoms with van der Waals surface area (Å²) in [5.41, 5.74) is 2.40. The maximum absolute atomic E-state index is 9.63. The average molecular weight is 282 g/mol. The number of rotatable bonds is 4. The van der Waals surface area contributed by atoms with Gasteiger partial charge in [-0.1, -0.05) is 30.2 Å². The Morgan fingerprint density at radius 1 is 1.42 bits per heavy atom. The second-order valence-corrected chi connectivity index (χ2v) is 6.21. The fourth-order valence-electron chi connectivity index (χ4n) is 2.93. The third-order valence-corrected chi connectivity index (χ3v) is 4.30. The molecule has 0 spiro atoms. The molecule has 1 aromatic carbocycles. The van der Waals surface area contributed by atoms with Gasteiger partial charge in [-0.25, -0.2) is 0 Å². The fraction of sp³-hybridized carbons (Fsp3) is 0.625. The highest BCUT2D eigenvalue weighted by molar-refractivity contribution is 6.31. The van der Waals surface area contributed by atoms with Crippen molar-refractivity contribution in [1.82, 2.24) is 4.90 Å². The van der Waals surface area contributed by atoms with Crippen molar-refractivity contribution in [2.75, 3.05) is 6.54 Å². The summed E-state index contributed by atoms with van der Waals surface area (Å²) in [7, 11) is 0. The molecule has 2 atom stereocenters. The first-order chi connectivity index (χ1) is 9.06. The number of hydrogen-bond donors (Lipinski definition) is 1. The summed E-state index contributed by atoms with van der Waals surface area (Å²) >= 11 is 6.33. The molecule has 0 aromatic heterocycles. The van der Waals surface area contributed by atoms with Crippen LogP contribution < -0.4 is 0 Å². The standard InChI is InChI=1S/C16H24ClNO/c1-12-6-7-14(16(17)9-12)11-18-8-4-3-5-15(18)10-13(2)19/h6-7,9,13,15,19H,3-5,8,10-11H2,1-2H3. The van der Waals surface area contributed by atoms with Crippen molar-refractivity contribution in [2.45, 2.75) is 58.2 Å². The highest BCUT2D eigenvalue weighted by Crippen LogP contribution is 2.26. The highest BCUT2D eigenvalue weighted by Gasteiger charge is 2.24. The van der Waals surface area contributed by atoms with Crippen molar-refractivity contribution in [1.29, 1.82) is 0 Å². The van der Waals surface area contributed by atoms with Gasteiger partial charge < -0.3 is 5.11 Å². The number of aliphatic hydroxyl groups is 1. The molecular formula is C16H24ClNO. The second-order valence-electron chi connectivity index (χ2n) is 5.80. The molecule has 0 bridgehead atoms. The molecule has 1 aliphatic rings. The molecule has 1 N–H and O–H groups in total. The molecule has 0 saturated carbocycles. The average Bonchev–Trinajstić information content (AvgIpc) is 2.34. The Morgan fingerprint density at radius 3 is 2.89 bits per heavy atom. The number of aliphatic hydroxyl groups excluding tert-OH is 1. The van der Waals surface area contributed by atoms with E-state index in [2.05, 4.69) is 24.0 Å². The topological polar surface area (TPSA) is 23.5 Å². The molecule has 2 unspecified atom stereocenters. The van der Waals surface area contributed by atoms with E-state index in [1.165, 1.54) is 30.4 Å². The van der Waals surface area contributed by atoms with Gasteiger partial charge in [0.2, 0.25) is 0 Å². The zero-order valence-electron chi connectivity index (χ0n) is 11.9. The first-order valence-electron chi connectivity index (χ1n) is 7.23. The molecule has 0 aliphatic carbocycles. The highest BCUT2D eigenvalue weighted by atomic mass is 35.5. The Labute approximate surface area is 121 Å². The van der Waals surface area contributed by atoms with E-state index >= 15 is 0 Å². The maximum atomic E-state index is 9.63. The molecule has 2 nitrogen and oxygen atoms in total. The van der Waals surface area contributed by atoms with E-state index in [9.17, 15) is 5.11 Å². The zero-order valence-corrected chi connectivity index (χ0v) is 12.7. The molecule has 19 heavy (non-hydrogen) atoms. The number of likely N-dealkylation sites (tertiary alicyclic amines) is 1. The third kappa shape index (κ3) is 4.20. The van der Waals surface area contributed by atoms with E-state index in [-0.39, 0.29) is 6.10 Å². The van der Waals surface area contributed by atoms with Crippen LogP contribution in [0.1, 0.15) is 43.7 Å². The van der Waals surface area contributed by atoms with Gasteiger partial charge in [0.05, 0.1) is 6.10 Å². The van der Waals surface area contributed by atoms with Crippen LogP contribution in [-0.4, -0.2) is 28.7 Å². The minimum absolute atomic E-state index is 0.223.